The van der Waals surface area contributed by atoms with Gasteiger partial charge in [0.1, 0.15) is 0 Å². The van der Waals surface area contributed by atoms with E-state index >= 15 is 0 Å². The smallest absolute Gasteiger partial charge is 0.0346 e. The molecule has 0 radical (unpaired) electrons. The van der Waals surface area contributed by atoms with Gasteiger partial charge in [-0.2, -0.15) is 0 Å². The second kappa shape index (κ2) is 20.6. The molecule has 0 aromatic heterocycles. The molecule has 1 aromatic carbocycles. The molecule has 0 spiro atoms. The van der Waals surface area contributed by atoms with Crippen LogP contribution in [0.2, 0.25) is 0 Å². The average Bonchev–Trinajstić information content (AvgIpc) is 2.88. The lowest BCUT2D eigenvalue weighted by Crippen LogP contribution is -2.09. The van der Waals surface area contributed by atoms with Crippen LogP contribution in [0.25, 0.3) is 0 Å². The molecule has 0 saturated carbocycles. The first-order valence-corrected chi connectivity index (χ1v) is 14.6. The molecular formula is C36H50. The Balaban J connectivity index is 3.50. The summed E-state index contributed by atoms with van der Waals surface area (Å²) in [4.78, 5) is 0. The van der Waals surface area contributed by atoms with Gasteiger partial charge < -0.3 is 0 Å². The van der Waals surface area contributed by atoms with Crippen LogP contribution in [0.1, 0.15) is 138 Å². The topological polar surface area (TPSA) is 0 Å². The van der Waals surface area contributed by atoms with Crippen LogP contribution in [-0.4, -0.2) is 0 Å². The summed E-state index contributed by atoms with van der Waals surface area (Å²) in [6, 6.07) is 0. The van der Waals surface area contributed by atoms with Crippen LogP contribution in [0.5, 0.6) is 0 Å². The van der Waals surface area contributed by atoms with Crippen LogP contribution in [0, 0.1) is 61.2 Å². The fourth-order valence-electron chi connectivity index (χ4n) is 4.24. The number of unbranched alkanes of at least 4 members (excludes halogenated alkanes) is 8. The maximum Gasteiger partial charge on any atom is 0.0346 e. The van der Waals surface area contributed by atoms with E-state index in [1.165, 1.54) is 84.7 Å². The molecule has 0 aliphatic rings. The first kappa shape index (κ1) is 31.5. The lowest BCUT2D eigenvalue weighted by molar-refractivity contribution is 0.827. The first-order chi connectivity index (χ1) is 17.6. The molecule has 0 aliphatic heterocycles. The van der Waals surface area contributed by atoms with Crippen molar-refractivity contribution in [2.45, 2.75) is 144 Å². The summed E-state index contributed by atoms with van der Waals surface area (Å²) in [7, 11) is 0. The zero-order valence-corrected chi connectivity index (χ0v) is 24.3. The Hall–Kier alpha value is -2.54. The highest BCUT2D eigenvalue weighted by molar-refractivity contribution is 5.55. The van der Waals surface area contributed by atoms with Crippen molar-refractivity contribution < 1.29 is 0 Å². The molecular weight excluding hydrogens is 432 g/mol. The summed E-state index contributed by atoms with van der Waals surface area (Å²) in [6.45, 7) is 13.5. The lowest BCUT2D eigenvalue weighted by atomic mass is 9.83. The lowest BCUT2D eigenvalue weighted by Gasteiger charge is -2.21. The summed E-state index contributed by atoms with van der Waals surface area (Å²) >= 11 is 0. The second-order valence-corrected chi connectivity index (χ2v) is 9.70. The van der Waals surface area contributed by atoms with Crippen LogP contribution in [0.4, 0.5) is 0 Å². The fraction of sp³-hybridized carbons (Fsp3) is 0.611. The van der Waals surface area contributed by atoms with Gasteiger partial charge in [-0.1, -0.05) is 77.1 Å². The Morgan fingerprint density at radius 1 is 0.361 bits per heavy atom. The van der Waals surface area contributed by atoms with Crippen molar-refractivity contribution >= 4 is 0 Å². The Labute approximate surface area is 224 Å². The van der Waals surface area contributed by atoms with Gasteiger partial charge in [-0.05, 0) is 72.9 Å². The molecule has 36 heavy (non-hydrogen) atoms. The van der Waals surface area contributed by atoms with Crippen molar-refractivity contribution in [2.24, 2.45) is 0 Å². The monoisotopic (exact) mass is 482 g/mol. The van der Waals surface area contributed by atoms with Crippen molar-refractivity contribution in [3.8, 4) is 47.4 Å². The zero-order valence-electron chi connectivity index (χ0n) is 24.3. The van der Waals surface area contributed by atoms with E-state index in [1.54, 1.807) is 0 Å². The molecule has 0 bridgehead atoms. The van der Waals surface area contributed by atoms with Crippen LogP contribution >= 0.6 is 0 Å². The van der Waals surface area contributed by atoms with Gasteiger partial charge in [0.25, 0.3) is 0 Å². The van der Waals surface area contributed by atoms with Gasteiger partial charge in [0.05, 0.1) is 0 Å². The first-order valence-electron chi connectivity index (χ1n) is 14.6. The third-order valence-corrected chi connectivity index (χ3v) is 6.72. The number of hydrogen-bond donors (Lipinski definition) is 0. The molecule has 0 aliphatic carbocycles. The summed E-state index contributed by atoms with van der Waals surface area (Å²) in [5.74, 6) is 27.6. The van der Waals surface area contributed by atoms with E-state index in [0.717, 1.165) is 51.4 Å². The molecule has 0 heteroatoms. The Kier molecular flexibility index (Phi) is 18.0. The maximum absolute atomic E-state index is 3.49. The van der Waals surface area contributed by atoms with Gasteiger partial charge in [-0.25, -0.2) is 0 Å². The van der Waals surface area contributed by atoms with E-state index in [1.807, 2.05) is 0 Å². The van der Waals surface area contributed by atoms with Crippen molar-refractivity contribution in [2.75, 3.05) is 0 Å². The predicted octanol–water partition coefficient (Wildman–Crippen LogP) is 9.25. The predicted molar refractivity (Wildman–Crippen MR) is 160 cm³/mol. The quantitative estimate of drug-likeness (QED) is 0.206. The van der Waals surface area contributed by atoms with Crippen LogP contribution < -0.4 is 0 Å². The fourth-order valence-corrected chi connectivity index (χ4v) is 4.24. The molecule has 1 rings (SSSR count). The van der Waals surface area contributed by atoms with E-state index in [-0.39, 0.29) is 0 Å². The SMILES string of the molecule is CCCCC#CCc1c(C)c(CC#CCCCC)c(CC#CCCCC)c(C)c1CC#CCCCC. The summed E-state index contributed by atoms with van der Waals surface area (Å²) in [5.41, 5.74) is 8.27. The van der Waals surface area contributed by atoms with Crippen LogP contribution in [0.15, 0.2) is 0 Å². The molecule has 1 aromatic rings. The number of rotatable bonds is 12. The molecule has 0 N–H and O–H groups in total. The number of hydrogen-bond acceptors (Lipinski definition) is 0. The minimum absolute atomic E-state index is 0.807. The van der Waals surface area contributed by atoms with Gasteiger partial charge in [0.15, 0.2) is 0 Å². The minimum atomic E-state index is 0.807. The Morgan fingerprint density at radius 3 is 0.778 bits per heavy atom. The third-order valence-electron chi connectivity index (χ3n) is 6.72. The van der Waals surface area contributed by atoms with E-state index in [2.05, 4.69) is 88.9 Å². The van der Waals surface area contributed by atoms with Crippen molar-refractivity contribution in [1.29, 1.82) is 0 Å². The van der Waals surface area contributed by atoms with Crippen molar-refractivity contribution in [1.82, 2.24) is 0 Å². The summed E-state index contributed by atoms with van der Waals surface area (Å²) < 4.78 is 0. The van der Waals surface area contributed by atoms with Crippen LogP contribution in [0.3, 0.4) is 0 Å². The third kappa shape index (κ3) is 11.9. The molecule has 0 heterocycles. The van der Waals surface area contributed by atoms with Gasteiger partial charge in [-0.15, -0.1) is 23.7 Å². The van der Waals surface area contributed by atoms with E-state index < -0.39 is 0 Å². The van der Waals surface area contributed by atoms with Gasteiger partial charge in [0, 0.05) is 51.4 Å². The molecule has 0 atom stereocenters. The maximum atomic E-state index is 3.49. The average molecular weight is 483 g/mol. The standard InChI is InChI=1S/C36H50/c1-7-11-15-19-23-27-33-31(5)35(29-25-21-17-13-9-3)36(30-26-22-18-14-10-4)32(6)34(33)28-24-20-16-12-8-2/h7-18,27-30H2,1-6H3. The highest BCUT2D eigenvalue weighted by Gasteiger charge is 2.17. The van der Waals surface area contributed by atoms with Gasteiger partial charge in [0.2, 0.25) is 0 Å². The van der Waals surface area contributed by atoms with Crippen molar-refractivity contribution in [3.63, 3.8) is 0 Å². The van der Waals surface area contributed by atoms with Gasteiger partial charge in [-0.3, -0.25) is 0 Å². The normalized spacial score (nSPS) is 9.72. The highest BCUT2D eigenvalue weighted by Crippen LogP contribution is 2.29. The Bertz CT molecular complexity index is 855. The van der Waals surface area contributed by atoms with E-state index in [9.17, 15) is 0 Å². The molecule has 0 nitrogen and oxygen atoms in total. The largest absolute Gasteiger partial charge is 0.103 e. The Morgan fingerprint density at radius 2 is 0.583 bits per heavy atom. The van der Waals surface area contributed by atoms with E-state index in [0.29, 0.717) is 0 Å². The minimum Gasteiger partial charge on any atom is -0.103 e. The number of benzene rings is 1. The summed E-state index contributed by atoms with van der Waals surface area (Å²) in [5, 5.41) is 0. The highest BCUT2D eigenvalue weighted by atomic mass is 14.2. The zero-order chi connectivity index (χ0) is 26.4. The molecule has 0 saturated heterocycles. The molecule has 0 unspecified atom stereocenters. The van der Waals surface area contributed by atoms with Crippen LogP contribution in [-0.2, 0) is 25.7 Å². The van der Waals surface area contributed by atoms with Crippen molar-refractivity contribution in [3.05, 3.63) is 33.4 Å². The summed E-state index contributed by atoms with van der Waals surface area (Å²) in [6.07, 6.45) is 16.7. The molecule has 0 fully saturated rings. The van der Waals surface area contributed by atoms with Gasteiger partial charge >= 0.3 is 0 Å². The second-order valence-electron chi connectivity index (χ2n) is 9.70. The van der Waals surface area contributed by atoms with E-state index in [4.69, 9.17) is 0 Å². The molecule has 0 amide bonds. The molecule has 194 valence electrons.